The number of guanidine groups is 1. The monoisotopic (exact) mass is 359 g/mol. The molecule has 8 heteroatoms. The zero-order valence-electron chi connectivity index (χ0n) is 16.3. The van der Waals surface area contributed by atoms with Crippen molar-refractivity contribution < 1.29 is 4.52 Å². The maximum atomic E-state index is 5.36. The molecule has 3 heterocycles. The molecule has 142 valence electrons. The van der Waals surface area contributed by atoms with Gasteiger partial charge in [-0.3, -0.25) is 4.99 Å². The molecule has 0 amide bonds. The number of aryl methyl sites for hydroxylation is 1. The Morgan fingerprint density at radius 1 is 1.35 bits per heavy atom. The zero-order chi connectivity index (χ0) is 18.7. The first-order valence-corrected chi connectivity index (χ1v) is 9.32. The summed E-state index contributed by atoms with van der Waals surface area (Å²) in [5, 5.41) is 15.5. The molecule has 0 saturated carbocycles. The lowest BCUT2D eigenvalue weighted by Crippen LogP contribution is -2.46. The van der Waals surface area contributed by atoms with Gasteiger partial charge in [0.05, 0.1) is 18.8 Å². The molecule has 3 rings (SSSR count). The summed E-state index contributed by atoms with van der Waals surface area (Å²) in [6.07, 6.45) is 1.94. The Morgan fingerprint density at radius 2 is 2.15 bits per heavy atom. The average molecular weight is 359 g/mol. The molecule has 2 aromatic heterocycles. The molecule has 0 fully saturated rings. The normalized spacial score (nSPS) is 17.7. The van der Waals surface area contributed by atoms with Crippen molar-refractivity contribution in [3.8, 4) is 0 Å². The van der Waals surface area contributed by atoms with Gasteiger partial charge >= 0.3 is 0 Å². The van der Waals surface area contributed by atoms with Crippen LogP contribution in [0.4, 0.5) is 0 Å². The second-order valence-corrected chi connectivity index (χ2v) is 7.40. The first-order valence-electron chi connectivity index (χ1n) is 9.32. The Hall–Kier alpha value is -2.38. The van der Waals surface area contributed by atoms with Crippen LogP contribution >= 0.6 is 0 Å². The summed E-state index contributed by atoms with van der Waals surface area (Å²) in [5.41, 5.74) is 0.969. The maximum Gasteiger partial charge on any atom is 0.191 e. The van der Waals surface area contributed by atoms with Crippen molar-refractivity contribution in [2.45, 2.75) is 71.5 Å². The summed E-state index contributed by atoms with van der Waals surface area (Å²) in [7, 11) is 1.77. The van der Waals surface area contributed by atoms with Gasteiger partial charge in [0.2, 0.25) is 0 Å². The molecule has 2 aromatic rings. The standard InChI is InChI=1S/C18H29N7O/c1-11(2)15-8-14(26-24-15)9-20-18(19-5)21-13-6-7-16-22-17(12(3)4)23-25(16)10-13/h8,11-13H,6-7,9-10H2,1-5H3,(H2,19,20,21). The lowest BCUT2D eigenvalue weighted by atomic mass is 10.1. The van der Waals surface area contributed by atoms with E-state index in [1.54, 1.807) is 7.05 Å². The van der Waals surface area contributed by atoms with E-state index in [1.807, 2.05) is 10.7 Å². The molecular formula is C18H29N7O. The summed E-state index contributed by atoms with van der Waals surface area (Å²) in [4.78, 5) is 8.95. The topological polar surface area (TPSA) is 93.2 Å². The molecule has 0 saturated heterocycles. The molecule has 0 bridgehead atoms. The fraction of sp³-hybridized carbons (Fsp3) is 0.667. The minimum atomic E-state index is 0.274. The van der Waals surface area contributed by atoms with Gasteiger partial charge in [0.25, 0.3) is 0 Å². The Kier molecular flexibility index (Phi) is 5.58. The minimum Gasteiger partial charge on any atom is -0.359 e. The van der Waals surface area contributed by atoms with Crippen molar-refractivity contribution in [1.29, 1.82) is 0 Å². The van der Waals surface area contributed by atoms with Crippen molar-refractivity contribution in [2.75, 3.05) is 7.05 Å². The third-order valence-electron chi connectivity index (χ3n) is 4.55. The van der Waals surface area contributed by atoms with Crippen molar-refractivity contribution in [2.24, 2.45) is 4.99 Å². The highest BCUT2D eigenvalue weighted by atomic mass is 16.5. The van der Waals surface area contributed by atoms with Crippen LogP contribution in [0.25, 0.3) is 0 Å². The second-order valence-electron chi connectivity index (χ2n) is 7.40. The van der Waals surface area contributed by atoms with Gasteiger partial charge in [-0.2, -0.15) is 5.10 Å². The molecule has 26 heavy (non-hydrogen) atoms. The Morgan fingerprint density at radius 3 is 2.81 bits per heavy atom. The zero-order valence-corrected chi connectivity index (χ0v) is 16.3. The SMILES string of the molecule is CN=C(NCc1cc(C(C)C)no1)NC1CCc2nc(C(C)C)nn2C1. The Labute approximate surface area is 154 Å². The molecule has 0 aromatic carbocycles. The van der Waals surface area contributed by atoms with Gasteiger partial charge in [-0.15, -0.1) is 0 Å². The van der Waals surface area contributed by atoms with E-state index < -0.39 is 0 Å². The summed E-state index contributed by atoms with van der Waals surface area (Å²) < 4.78 is 7.39. The van der Waals surface area contributed by atoms with Gasteiger partial charge in [-0.25, -0.2) is 9.67 Å². The van der Waals surface area contributed by atoms with E-state index in [9.17, 15) is 0 Å². The lowest BCUT2D eigenvalue weighted by molar-refractivity contribution is 0.369. The summed E-state index contributed by atoms with van der Waals surface area (Å²) in [6.45, 7) is 9.80. The fourth-order valence-corrected chi connectivity index (χ4v) is 2.93. The highest BCUT2D eigenvalue weighted by molar-refractivity contribution is 5.79. The predicted octanol–water partition coefficient (Wildman–Crippen LogP) is 2.19. The van der Waals surface area contributed by atoms with Crippen LogP contribution in [0.3, 0.4) is 0 Å². The van der Waals surface area contributed by atoms with E-state index in [4.69, 9.17) is 4.52 Å². The van der Waals surface area contributed by atoms with Gasteiger partial charge in [-0.1, -0.05) is 32.9 Å². The van der Waals surface area contributed by atoms with Gasteiger partial charge < -0.3 is 15.2 Å². The summed E-state index contributed by atoms with van der Waals surface area (Å²) in [5.74, 6) is 4.28. The summed E-state index contributed by atoms with van der Waals surface area (Å²) in [6, 6.07) is 2.26. The van der Waals surface area contributed by atoms with Crippen molar-refractivity contribution in [1.82, 2.24) is 30.6 Å². The van der Waals surface area contributed by atoms with Crippen LogP contribution in [0, 0.1) is 0 Å². The summed E-state index contributed by atoms with van der Waals surface area (Å²) >= 11 is 0. The van der Waals surface area contributed by atoms with Crippen molar-refractivity contribution >= 4 is 5.96 Å². The number of hydrogen-bond donors (Lipinski definition) is 2. The molecule has 1 aliphatic rings. The largest absolute Gasteiger partial charge is 0.359 e. The van der Waals surface area contributed by atoms with Crippen LogP contribution in [-0.2, 0) is 19.5 Å². The third kappa shape index (κ3) is 4.23. The molecule has 2 N–H and O–H groups in total. The highest BCUT2D eigenvalue weighted by Crippen LogP contribution is 2.17. The molecule has 0 aliphatic carbocycles. The molecule has 8 nitrogen and oxygen atoms in total. The fourth-order valence-electron chi connectivity index (χ4n) is 2.93. The van der Waals surface area contributed by atoms with E-state index in [1.165, 1.54) is 0 Å². The van der Waals surface area contributed by atoms with Crippen molar-refractivity contribution in [3.05, 3.63) is 29.2 Å². The Balaban J connectivity index is 1.55. The minimum absolute atomic E-state index is 0.274. The first-order chi connectivity index (χ1) is 12.5. The number of nitrogens with zero attached hydrogens (tertiary/aromatic N) is 5. The molecule has 1 atom stereocenters. The van der Waals surface area contributed by atoms with Crippen LogP contribution in [0.2, 0.25) is 0 Å². The van der Waals surface area contributed by atoms with Crippen LogP contribution < -0.4 is 10.6 Å². The first kappa shape index (κ1) is 18.4. The van der Waals surface area contributed by atoms with Gasteiger partial charge in [0, 0.05) is 31.5 Å². The van der Waals surface area contributed by atoms with E-state index in [-0.39, 0.29) is 6.04 Å². The van der Waals surface area contributed by atoms with E-state index >= 15 is 0 Å². The van der Waals surface area contributed by atoms with E-state index in [0.29, 0.717) is 18.4 Å². The van der Waals surface area contributed by atoms with Crippen LogP contribution in [0.1, 0.15) is 69.1 Å². The second kappa shape index (κ2) is 7.88. The molecule has 0 spiro atoms. The molecule has 0 radical (unpaired) electrons. The smallest absolute Gasteiger partial charge is 0.191 e. The highest BCUT2D eigenvalue weighted by Gasteiger charge is 2.23. The predicted molar refractivity (Wildman–Crippen MR) is 100 cm³/mol. The lowest BCUT2D eigenvalue weighted by Gasteiger charge is -2.25. The van der Waals surface area contributed by atoms with E-state index in [0.717, 1.165) is 48.4 Å². The molecular weight excluding hydrogens is 330 g/mol. The number of aliphatic imine (C=N–C) groups is 1. The number of fused-ring (bicyclic) bond motifs is 1. The average Bonchev–Trinajstić information content (AvgIpc) is 3.25. The van der Waals surface area contributed by atoms with Crippen molar-refractivity contribution in [3.63, 3.8) is 0 Å². The van der Waals surface area contributed by atoms with Crippen LogP contribution in [0.15, 0.2) is 15.6 Å². The van der Waals surface area contributed by atoms with E-state index in [2.05, 4.69) is 58.6 Å². The number of nitrogens with one attached hydrogen (secondary N) is 2. The maximum absolute atomic E-state index is 5.36. The van der Waals surface area contributed by atoms with Gasteiger partial charge in [0.1, 0.15) is 5.82 Å². The van der Waals surface area contributed by atoms with Crippen LogP contribution in [-0.4, -0.2) is 39.0 Å². The molecule has 1 aliphatic heterocycles. The number of aromatic nitrogens is 4. The molecule has 1 unspecified atom stereocenters. The van der Waals surface area contributed by atoms with Crippen LogP contribution in [0.5, 0.6) is 0 Å². The quantitative estimate of drug-likeness (QED) is 0.628. The Bertz CT molecular complexity index is 759. The van der Waals surface area contributed by atoms with Gasteiger partial charge in [-0.05, 0) is 12.3 Å². The third-order valence-corrected chi connectivity index (χ3v) is 4.55. The number of hydrogen-bond acceptors (Lipinski definition) is 5. The van der Waals surface area contributed by atoms with Gasteiger partial charge in [0.15, 0.2) is 17.5 Å². The number of rotatable bonds is 5.